The van der Waals surface area contributed by atoms with Gasteiger partial charge in [0, 0.05) is 18.8 Å². The number of carbonyl (C=O) groups is 1. The van der Waals surface area contributed by atoms with Crippen LogP contribution in [0.15, 0.2) is 18.2 Å². The van der Waals surface area contributed by atoms with Gasteiger partial charge in [-0.05, 0) is 49.8 Å². The molecule has 1 unspecified atom stereocenters. The van der Waals surface area contributed by atoms with E-state index in [-0.39, 0.29) is 17.3 Å². The number of anilines is 2. The molecule has 4 rings (SSSR count). The van der Waals surface area contributed by atoms with E-state index in [9.17, 15) is 13.2 Å². The predicted molar refractivity (Wildman–Crippen MR) is 101 cm³/mol. The van der Waals surface area contributed by atoms with E-state index in [1.165, 1.54) is 0 Å². The number of sulfonamides is 1. The van der Waals surface area contributed by atoms with Gasteiger partial charge in [0.2, 0.25) is 10.0 Å². The van der Waals surface area contributed by atoms with E-state index in [0.717, 1.165) is 62.6 Å². The molecular weight excluding hydrogens is 352 g/mol. The number of hydrogen-bond acceptors (Lipinski definition) is 4. The summed E-state index contributed by atoms with van der Waals surface area (Å²) in [4.78, 5) is 14.5. The fourth-order valence-electron chi connectivity index (χ4n) is 4.24. The molecular formula is C19H26N2O4S. The van der Waals surface area contributed by atoms with E-state index < -0.39 is 10.0 Å². The molecule has 0 spiro atoms. The van der Waals surface area contributed by atoms with Crippen LogP contribution in [0.4, 0.5) is 11.4 Å². The van der Waals surface area contributed by atoms with Gasteiger partial charge >= 0.3 is 0 Å². The zero-order valence-corrected chi connectivity index (χ0v) is 15.8. The molecule has 2 fully saturated rings. The number of nitrogens with one attached hydrogen (secondary N) is 1. The van der Waals surface area contributed by atoms with Crippen molar-refractivity contribution in [1.82, 2.24) is 0 Å². The third-order valence-electron chi connectivity index (χ3n) is 5.70. The first-order valence-corrected chi connectivity index (χ1v) is 11.2. The van der Waals surface area contributed by atoms with E-state index in [4.69, 9.17) is 4.74 Å². The highest BCUT2D eigenvalue weighted by atomic mass is 32.2. The first kappa shape index (κ1) is 17.8. The van der Waals surface area contributed by atoms with Crippen LogP contribution >= 0.6 is 0 Å². The van der Waals surface area contributed by atoms with Gasteiger partial charge in [-0.15, -0.1) is 0 Å². The van der Waals surface area contributed by atoms with Crippen LogP contribution in [0.2, 0.25) is 0 Å². The van der Waals surface area contributed by atoms with Crippen LogP contribution < -0.4 is 9.62 Å². The Morgan fingerprint density at radius 3 is 2.65 bits per heavy atom. The first-order valence-electron chi connectivity index (χ1n) is 9.62. The fraction of sp³-hybridized carbons (Fsp3) is 0.632. The highest BCUT2D eigenvalue weighted by Gasteiger charge is 2.33. The molecule has 2 aliphatic heterocycles. The van der Waals surface area contributed by atoms with E-state index in [1.807, 2.05) is 6.07 Å². The van der Waals surface area contributed by atoms with Gasteiger partial charge in [0.05, 0.1) is 10.9 Å². The Morgan fingerprint density at radius 2 is 1.92 bits per heavy atom. The van der Waals surface area contributed by atoms with E-state index in [1.54, 1.807) is 17.0 Å². The van der Waals surface area contributed by atoms with Crippen molar-refractivity contribution in [3.63, 3.8) is 0 Å². The quantitative estimate of drug-likeness (QED) is 0.874. The molecule has 1 aromatic carbocycles. The predicted octanol–water partition coefficient (Wildman–Crippen LogP) is 2.83. The van der Waals surface area contributed by atoms with Crippen molar-refractivity contribution in [2.45, 2.75) is 62.7 Å². The van der Waals surface area contributed by atoms with Gasteiger partial charge in [-0.25, -0.2) is 8.42 Å². The highest BCUT2D eigenvalue weighted by Crippen LogP contribution is 2.33. The summed E-state index contributed by atoms with van der Waals surface area (Å²) in [6.45, 7) is 1.27. The van der Waals surface area contributed by atoms with Crippen LogP contribution in [-0.4, -0.2) is 38.8 Å². The molecule has 1 atom stereocenters. The topological polar surface area (TPSA) is 75.7 Å². The number of hydrogen-bond donors (Lipinski definition) is 1. The smallest absolute Gasteiger partial charge is 0.256 e. The van der Waals surface area contributed by atoms with E-state index >= 15 is 0 Å². The second-order valence-corrected chi connectivity index (χ2v) is 9.45. The minimum Gasteiger partial charge on any atom is -0.368 e. The zero-order chi connectivity index (χ0) is 18.1. The van der Waals surface area contributed by atoms with Gasteiger partial charge in [0.1, 0.15) is 6.10 Å². The standard InChI is InChI=1S/C19H26N2O4S/c22-19(18-7-4-12-25-18)21-11-10-14-8-9-15(13-17(14)21)20-26(23,24)16-5-2-1-3-6-16/h8-9,13,16,18,20H,1-7,10-12H2. The molecule has 26 heavy (non-hydrogen) atoms. The minimum absolute atomic E-state index is 0.00598. The maximum absolute atomic E-state index is 12.7. The lowest BCUT2D eigenvalue weighted by Gasteiger charge is -2.24. The van der Waals surface area contributed by atoms with Crippen LogP contribution in [0.3, 0.4) is 0 Å². The Morgan fingerprint density at radius 1 is 1.12 bits per heavy atom. The molecule has 1 aromatic rings. The summed E-state index contributed by atoms with van der Waals surface area (Å²) in [7, 11) is -3.39. The Labute approximate surface area is 155 Å². The van der Waals surface area contributed by atoms with Crippen molar-refractivity contribution >= 4 is 27.3 Å². The van der Waals surface area contributed by atoms with Crippen molar-refractivity contribution in [2.24, 2.45) is 0 Å². The first-order chi connectivity index (χ1) is 12.5. The lowest BCUT2D eigenvalue weighted by molar-refractivity contribution is -0.127. The lowest BCUT2D eigenvalue weighted by Crippen LogP contribution is -2.37. The van der Waals surface area contributed by atoms with Crippen LogP contribution in [0.5, 0.6) is 0 Å². The number of benzene rings is 1. The molecule has 0 bridgehead atoms. The lowest BCUT2D eigenvalue weighted by atomic mass is 10.0. The monoisotopic (exact) mass is 378 g/mol. The fourth-order valence-corrected chi connectivity index (χ4v) is 5.82. The van der Waals surface area contributed by atoms with Crippen LogP contribution in [0, 0.1) is 0 Å². The number of carbonyl (C=O) groups excluding carboxylic acids is 1. The van der Waals surface area contributed by atoms with Crippen molar-refractivity contribution in [3.05, 3.63) is 23.8 Å². The summed E-state index contributed by atoms with van der Waals surface area (Å²) in [5, 5.41) is -0.311. The summed E-state index contributed by atoms with van der Waals surface area (Å²) in [6, 6.07) is 5.53. The molecule has 7 heteroatoms. The Kier molecular flexibility index (Phi) is 4.92. The molecule has 2 heterocycles. The number of rotatable bonds is 4. The molecule has 6 nitrogen and oxygen atoms in total. The molecule has 1 amide bonds. The minimum atomic E-state index is -3.39. The Hall–Kier alpha value is -1.60. The van der Waals surface area contributed by atoms with Crippen LogP contribution in [0.25, 0.3) is 0 Å². The molecule has 1 saturated carbocycles. The van der Waals surface area contributed by atoms with Crippen molar-refractivity contribution in [2.75, 3.05) is 22.8 Å². The second kappa shape index (κ2) is 7.19. The van der Waals surface area contributed by atoms with Crippen molar-refractivity contribution in [1.29, 1.82) is 0 Å². The molecule has 0 radical (unpaired) electrons. The number of nitrogens with zero attached hydrogens (tertiary/aromatic N) is 1. The number of amides is 1. The molecule has 142 valence electrons. The maximum Gasteiger partial charge on any atom is 0.256 e. The molecule has 1 saturated heterocycles. The second-order valence-electron chi connectivity index (χ2n) is 7.49. The average Bonchev–Trinajstić information content (AvgIpc) is 3.31. The van der Waals surface area contributed by atoms with Gasteiger partial charge in [0.15, 0.2) is 0 Å². The molecule has 1 aliphatic carbocycles. The molecule has 0 aromatic heterocycles. The molecule has 1 N–H and O–H groups in total. The maximum atomic E-state index is 12.7. The van der Waals surface area contributed by atoms with Gasteiger partial charge in [-0.2, -0.15) is 0 Å². The van der Waals surface area contributed by atoms with E-state index in [2.05, 4.69) is 4.72 Å². The number of ether oxygens (including phenoxy) is 1. The third-order valence-corrected chi connectivity index (χ3v) is 7.57. The summed E-state index contributed by atoms with van der Waals surface area (Å²) in [5.74, 6) is -0.00598. The van der Waals surface area contributed by atoms with Gasteiger partial charge in [-0.3, -0.25) is 9.52 Å². The summed E-state index contributed by atoms with van der Waals surface area (Å²) in [6.07, 6.45) is 6.63. The number of fused-ring (bicyclic) bond motifs is 1. The molecule has 3 aliphatic rings. The van der Waals surface area contributed by atoms with E-state index in [0.29, 0.717) is 18.8 Å². The largest absolute Gasteiger partial charge is 0.368 e. The van der Waals surface area contributed by atoms with Crippen molar-refractivity contribution < 1.29 is 17.9 Å². The summed E-state index contributed by atoms with van der Waals surface area (Å²) >= 11 is 0. The van der Waals surface area contributed by atoms with Crippen molar-refractivity contribution in [3.8, 4) is 0 Å². The SMILES string of the molecule is O=C(C1CCCO1)N1CCc2ccc(NS(=O)(=O)C3CCCCC3)cc21. The average molecular weight is 378 g/mol. The Balaban J connectivity index is 1.53. The van der Waals surface area contributed by atoms with Crippen LogP contribution in [0.1, 0.15) is 50.5 Å². The Bertz CT molecular complexity index is 781. The summed E-state index contributed by atoms with van der Waals surface area (Å²) < 4.78 is 33.6. The van der Waals surface area contributed by atoms with Gasteiger partial charge in [-0.1, -0.05) is 25.3 Å². The summed E-state index contributed by atoms with van der Waals surface area (Å²) in [5.41, 5.74) is 2.44. The third kappa shape index (κ3) is 3.47. The zero-order valence-electron chi connectivity index (χ0n) is 14.9. The van der Waals surface area contributed by atoms with Gasteiger partial charge in [0.25, 0.3) is 5.91 Å². The van der Waals surface area contributed by atoms with Crippen LogP contribution in [-0.2, 0) is 26.0 Å². The van der Waals surface area contributed by atoms with Gasteiger partial charge < -0.3 is 9.64 Å². The normalized spacial score (nSPS) is 23.8. The highest BCUT2D eigenvalue weighted by molar-refractivity contribution is 7.93.